The van der Waals surface area contributed by atoms with E-state index in [1.54, 1.807) is 7.11 Å². The highest BCUT2D eigenvalue weighted by molar-refractivity contribution is 6.03. The zero-order chi connectivity index (χ0) is 22.5. The third-order valence-corrected chi connectivity index (χ3v) is 5.77. The van der Waals surface area contributed by atoms with Gasteiger partial charge in [-0.25, -0.2) is 4.79 Å². The molecule has 1 heterocycles. The number of methoxy groups -OCH3 is 1. The summed E-state index contributed by atoms with van der Waals surface area (Å²) in [6, 6.07) is 16.9. The summed E-state index contributed by atoms with van der Waals surface area (Å²) in [4.78, 5) is 26.1. The van der Waals surface area contributed by atoms with Crippen LogP contribution in [-0.2, 0) is 14.3 Å². The molecule has 4 rings (SSSR count). The van der Waals surface area contributed by atoms with Gasteiger partial charge in [0.15, 0.2) is 5.78 Å². The van der Waals surface area contributed by atoms with E-state index in [1.165, 1.54) is 0 Å². The fourth-order valence-electron chi connectivity index (χ4n) is 4.27. The number of nitrogens with one attached hydrogen (secondary N) is 1. The zero-order valence-electron chi connectivity index (χ0n) is 18.4. The minimum atomic E-state index is -0.465. The molecule has 0 aromatic heterocycles. The van der Waals surface area contributed by atoms with Crippen LogP contribution in [0.5, 0.6) is 11.5 Å². The van der Waals surface area contributed by atoms with Crippen LogP contribution in [-0.4, -0.2) is 32.1 Å². The van der Waals surface area contributed by atoms with E-state index in [1.807, 2.05) is 61.5 Å². The highest BCUT2D eigenvalue weighted by atomic mass is 16.6. The van der Waals surface area contributed by atoms with Gasteiger partial charge in [-0.05, 0) is 49.6 Å². The number of hydrogen-bond acceptors (Lipinski definition) is 6. The van der Waals surface area contributed by atoms with Crippen LogP contribution in [0.15, 0.2) is 77.1 Å². The SMILES string of the molecule is COc1ccc([C@@H]2C(C(=O)OCCOc3ccccc3)=C(C)NC3=C2C(=O)CCC3)cc1. The van der Waals surface area contributed by atoms with Gasteiger partial charge in [-0.3, -0.25) is 4.79 Å². The van der Waals surface area contributed by atoms with E-state index in [0.29, 0.717) is 23.3 Å². The predicted molar refractivity (Wildman–Crippen MR) is 120 cm³/mol. The molecule has 0 fully saturated rings. The van der Waals surface area contributed by atoms with E-state index in [0.717, 1.165) is 35.6 Å². The molecular weight excluding hydrogens is 406 g/mol. The molecule has 0 amide bonds. The second kappa shape index (κ2) is 9.73. The van der Waals surface area contributed by atoms with E-state index >= 15 is 0 Å². The van der Waals surface area contributed by atoms with E-state index < -0.39 is 11.9 Å². The first-order chi connectivity index (χ1) is 15.6. The summed E-state index contributed by atoms with van der Waals surface area (Å²) < 4.78 is 16.5. The average molecular weight is 434 g/mol. The first-order valence-electron chi connectivity index (χ1n) is 10.8. The van der Waals surface area contributed by atoms with Crippen molar-refractivity contribution in [2.75, 3.05) is 20.3 Å². The molecule has 2 aromatic carbocycles. The van der Waals surface area contributed by atoms with Crippen molar-refractivity contribution in [2.45, 2.75) is 32.1 Å². The fourth-order valence-corrected chi connectivity index (χ4v) is 4.27. The molecule has 0 saturated carbocycles. The molecule has 6 heteroatoms. The second-order valence-electron chi connectivity index (χ2n) is 7.84. The molecule has 0 radical (unpaired) electrons. The molecule has 1 N–H and O–H groups in total. The minimum absolute atomic E-state index is 0.0739. The molecule has 0 bridgehead atoms. The topological polar surface area (TPSA) is 73.9 Å². The van der Waals surface area contributed by atoms with Crippen molar-refractivity contribution in [1.29, 1.82) is 0 Å². The lowest BCUT2D eigenvalue weighted by molar-refractivity contribution is -0.140. The standard InChI is InChI=1S/C26H27NO5/c1-17-23(26(29)32-16-15-31-20-7-4-3-5-8-20)24(18-11-13-19(30-2)14-12-18)25-21(27-17)9-6-10-22(25)28/h3-5,7-8,11-14,24,27H,6,9-10,15-16H2,1-2H3/t24-/m1/s1. The molecule has 6 nitrogen and oxygen atoms in total. The summed E-state index contributed by atoms with van der Waals surface area (Å²) in [5.74, 6) is 0.599. The smallest absolute Gasteiger partial charge is 0.336 e. The van der Waals surface area contributed by atoms with Gasteiger partial charge in [-0.1, -0.05) is 30.3 Å². The predicted octanol–water partition coefficient (Wildman–Crippen LogP) is 4.29. The maximum Gasteiger partial charge on any atom is 0.336 e. The van der Waals surface area contributed by atoms with Crippen LogP contribution in [0, 0.1) is 0 Å². The lowest BCUT2D eigenvalue weighted by Gasteiger charge is -2.34. The summed E-state index contributed by atoms with van der Waals surface area (Å²) in [6.07, 6.45) is 2.08. The van der Waals surface area contributed by atoms with Crippen LogP contribution >= 0.6 is 0 Å². The third-order valence-electron chi connectivity index (χ3n) is 5.77. The molecule has 166 valence electrons. The van der Waals surface area contributed by atoms with Gasteiger partial charge in [0.05, 0.1) is 12.7 Å². The molecule has 2 aromatic rings. The second-order valence-corrected chi connectivity index (χ2v) is 7.84. The Morgan fingerprint density at radius 3 is 2.47 bits per heavy atom. The van der Waals surface area contributed by atoms with E-state index in [4.69, 9.17) is 14.2 Å². The van der Waals surface area contributed by atoms with Crippen molar-refractivity contribution in [1.82, 2.24) is 5.32 Å². The van der Waals surface area contributed by atoms with Crippen molar-refractivity contribution < 1.29 is 23.8 Å². The van der Waals surface area contributed by atoms with Gasteiger partial charge in [-0.2, -0.15) is 0 Å². The Morgan fingerprint density at radius 1 is 1.00 bits per heavy atom. The first kappa shape index (κ1) is 21.7. The molecule has 0 unspecified atom stereocenters. The van der Waals surface area contributed by atoms with Crippen molar-refractivity contribution in [3.8, 4) is 11.5 Å². The lowest BCUT2D eigenvalue weighted by Crippen LogP contribution is -2.34. The van der Waals surface area contributed by atoms with Crippen molar-refractivity contribution in [3.05, 3.63) is 82.7 Å². The largest absolute Gasteiger partial charge is 0.497 e. The highest BCUT2D eigenvalue weighted by Crippen LogP contribution is 2.42. The number of allylic oxidation sites excluding steroid dienone is 3. The molecule has 1 atom stereocenters. The number of para-hydroxylation sites is 1. The van der Waals surface area contributed by atoms with Gasteiger partial charge in [0.25, 0.3) is 0 Å². The molecule has 1 aliphatic heterocycles. The number of rotatable bonds is 7. The maximum atomic E-state index is 13.2. The van der Waals surface area contributed by atoms with Crippen molar-refractivity contribution in [2.24, 2.45) is 0 Å². The van der Waals surface area contributed by atoms with Crippen LogP contribution in [0.1, 0.15) is 37.7 Å². The minimum Gasteiger partial charge on any atom is -0.497 e. The van der Waals surface area contributed by atoms with Crippen molar-refractivity contribution in [3.63, 3.8) is 0 Å². The van der Waals surface area contributed by atoms with Crippen LogP contribution in [0.3, 0.4) is 0 Å². The summed E-state index contributed by atoms with van der Waals surface area (Å²) in [6.45, 7) is 2.21. The molecule has 32 heavy (non-hydrogen) atoms. The summed E-state index contributed by atoms with van der Waals surface area (Å²) in [5, 5.41) is 3.30. The quantitative estimate of drug-likeness (QED) is 0.519. The Morgan fingerprint density at radius 2 is 1.75 bits per heavy atom. The first-order valence-corrected chi connectivity index (χ1v) is 10.8. The molecule has 1 aliphatic carbocycles. The van der Waals surface area contributed by atoms with E-state index in [-0.39, 0.29) is 19.0 Å². The maximum absolute atomic E-state index is 13.2. The highest BCUT2D eigenvalue weighted by Gasteiger charge is 2.39. The van der Waals surface area contributed by atoms with Gasteiger partial charge in [0.1, 0.15) is 24.7 Å². The fraction of sp³-hybridized carbons (Fsp3) is 0.308. The lowest BCUT2D eigenvalue weighted by atomic mass is 9.75. The number of hydrogen-bond donors (Lipinski definition) is 1. The number of benzene rings is 2. The molecule has 0 spiro atoms. The van der Waals surface area contributed by atoms with Crippen LogP contribution in [0.4, 0.5) is 0 Å². The summed E-state index contributed by atoms with van der Waals surface area (Å²) in [7, 11) is 1.61. The molecule has 2 aliphatic rings. The third kappa shape index (κ3) is 4.54. The average Bonchev–Trinajstić information content (AvgIpc) is 2.82. The van der Waals surface area contributed by atoms with Gasteiger partial charge in [-0.15, -0.1) is 0 Å². The summed E-state index contributed by atoms with van der Waals surface area (Å²) in [5.41, 5.74) is 3.61. The summed E-state index contributed by atoms with van der Waals surface area (Å²) >= 11 is 0. The van der Waals surface area contributed by atoms with Crippen molar-refractivity contribution >= 4 is 11.8 Å². The van der Waals surface area contributed by atoms with Gasteiger partial charge >= 0.3 is 5.97 Å². The number of ketones is 1. The zero-order valence-corrected chi connectivity index (χ0v) is 18.4. The number of Topliss-reactive ketones (excluding diaryl/α,β-unsaturated/α-hetero) is 1. The van der Waals surface area contributed by atoms with E-state index in [2.05, 4.69) is 5.32 Å². The van der Waals surface area contributed by atoms with E-state index in [9.17, 15) is 9.59 Å². The van der Waals surface area contributed by atoms with Crippen LogP contribution in [0.2, 0.25) is 0 Å². The number of dihydropyridines is 1. The molecule has 0 saturated heterocycles. The number of esters is 1. The van der Waals surface area contributed by atoms with Gasteiger partial charge < -0.3 is 19.5 Å². The van der Waals surface area contributed by atoms with Gasteiger partial charge in [0.2, 0.25) is 0 Å². The Balaban J connectivity index is 1.56. The van der Waals surface area contributed by atoms with Crippen LogP contribution < -0.4 is 14.8 Å². The number of carbonyl (C=O) groups excluding carboxylic acids is 2. The van der Waals surface area contributed by atoms with Crippen LogP contribution in [0.25, 0.3) is 0 Å². The normalized spacial score (nSPS) is 18.1. The number of carbonyl (C=O) groups is 2. The Kier molecular flexibility index (Phi) is 6.59. The monoisotopic (exact) mass is 433 g/mol. The molecular formula is C26H27NO5. The Hall–Kier alpha value is -3.54. The van der Waals surface area contributed by atoms with Gasteiger partial charge in [0, 0.05) is 29.3 Å². The number of ether oxygens (including phenoxy) is 3. The Labute approximate surface area is 187 Å². The Bertz CT molecular complexity index is 1050.